The second-order valence-electron chi connectivity index (χ2n) is 19.0. The molecule has 0 aliphatic carbocycles. The quantitative estimate of drug-likeness (QED) is 0.0108. The molecule has 0 saturated heterocycles. The summed E-state index contributed by atoms with van der Waals surface area (Å²) in [5, 5.41) is 31.2. The number of aliphatic imine (C=N–C) groups is 1. The molecule has 2 aromatic carbocycles. The fraction of sp³-hybridized carbons (Fsp3) is 0.451. The normalized spacial score (nSPS) is 14.1. The number of amides is 9. The van der Waals surface area contributed by atoms with Crippen LogP contribution in [0.4, 0.5) is 0 Å². The average molecular weight is 1130 g/mol. The number of primary amides is 1. The van der Waals surface area contributed by atoms with Gasteiger partial charge >= 0.3 is 5.97 Å². The van der Waals surface area contributed by atoms with Crippen LogP contribution in [-0.2, 0) is 67.2 Å². The molecule has 0 spiro atoms. The molecule has 0 fully saturated rings. The maximum absolute atomic E-state index is 14.7. The molecule has 0 saturated carbocycles. The van der Waals surface area contributed by atoms with Gasteiger partial charge < -0.3 is 74.8 Å². The molecule has 0 radical (unpaired) electrons. The molecule has 2 aromatic heterocycles. The van der Waals surface area contributed by atoms with E-state index >= 15 is 0 Å². The molecule has 28 heteroatoms. The number of benzene rings is 2. The molecule has 0 aliphatic heterocycles. The zero-order valence-electron chi connectivity index (χ0n) is 44.0. The first-order chi connectivity index (χ1) is 37.6. The molecule has 26 nitrogen and oxygen atoms in total. The fourth-order valence-corrected chi connectivity index (χ4v) is 8.71. The van der Waals surface area contributed by atoms with Crippen LogP contribution < -0.4 is 59.7 Å². The van der Waals surface area contributed by atoms with Gasteiger partial charge in [-0.1, -0.05) is 62.4 Å². The van der Waals surface area contributed by atoms with E-state index in [4.69, 9.17) is 17.2 Å². The Morgan fingerprint density at radius 2 is 1.11 bits per heavy atom. The van der Waals surface area contributed by atoms with Gasteiger partial charge in [0.05, 0.1) is 6.33 Å². The molecule has 2 heterocycles. The van der Waals surface area contributed by atoms with Crippen molar-refractivity contribution in [3.05, 3.63) is 90.1 Å². The third-order valence-electron chi connectivity index (χ3n) is 12.2. The Bertz CT molecular complexity index is 2760. The van der Waals surface area contributed by atoms with Crippen LogP contribution in [0, 0.1) is 5.92 Å². The molecule has 4 rings (SSSR count). The number of aliphatic carboxylic acids is 1. The van der Waals surface area contributed by atoms with Crippen LogP contribution in [0.1, 0.15) is 69.7 Å². The molecular weight excluding hydrogens is 1060 g/mol. The molecule has 17 N–H and O–H groups in total. The number of fused-ring (bicyclic) bond motifs is 1. The predicted octanol–water partition coefficient (Wildman–Crippen LogP) is -1.87. The first-order valence-corrected chi connectivity index (χ1v) is 26.6. The standard InChI is InChI=1S/C51H71N15O11S2/c1-27(2)18-36(59-28(3)67)46(73)66-41(25-79)50(77)61-35(15-16-42(68)69)45(72)64-39(21-31-23-55-26-58-31)49(76)62-37(19-29-10-5-4-6-11-29)47(74)60-34(14-9-17-56-51(53)54)44(71)63-38(48(75)65-40(24-78)43(52)70)20-30-22-57-33-13-8-7-12-32(30)33/h4-8,10-13,22-23,26-27,34-41,57,78-79H,9,14-21,24-25H2,1-3H3,(H2,52,70)(H,55,58)(H,59,67)(H,60,74)(H,61,77)(H,62,76)(H,63,71)(H,64,72)(H,65,75)(H,66,73)(H,68,69)(H4,53,54,56)/t34-,35-,36-,37+,38-,39-,40-,41-/m0/s1. The molecule has 0 unspecified atom stereocenters. The Balaban J connectivity index is 1.66. The minimum absolute atomic E-state index is 0.0256. The van der Waals surface area contributed by atoms with Crippen molar-refractivity contribution in [3.63, 3.8) is 0 Å². The van der Waals surface area contributed by atoms with Crippen molar-refractivity contribution >= 4 is 101 Å². The van der Waals surface area contributed by atoms with E-state index in [0.717, 1.165) is 10.9 Å². The van der Waals surface area contributed by atoms with Crippen LogP contribution in [0.15, 0.2) is 78.3 Å². The minimum Gasteiger partial charge on any atom is -0.481 e. The van der Waals surface area contributed by atoms with E-state index in [1.807, 2.05) is 32.0 Å². The Morgan fingerprint density at radius 3 is 1.66 bits per heavy atom. The highest BCUT2D eigenvalue weighted by molar-refractivity contribution is 7.80. The lowest BCUT2D eigenvalue weighted by atomic mass is 10.0. The lowest BCUT2D eigenvalue weighted by Gasteiger charge is -2.28. The number of para-hydroxylation sites is 1. The van der Waals surface area contributed by atoms with Crippen molar-refractivity contribution < 1.29 is 53.1 Å². The summed E-state index contributed by atoms with van der Waals surface area (Å²) in [7, 11) is 0. The highest BCUT2D eigenvalue weighted by Gasteiger charge is 2.35. The number of aromatic nitrogens is 3. The Labute approximate surface area is 466 Å². The number of carboxylic acids is 1. The zero-order chi connectivity index (χ0) is 58.2. The van der Waals surface area contributed by atoms with Gasteiger partial charge in [0.2, 0.25) is 53.2 Å². The summed E-state index contributed by atoms with van der Waals surface area (Å²) < 4.78 is 0. The topological polar surface area (TPSA) is 422 Å². The smallest absolute Gasteiger partial charge is 0.303 e. The number of carbonyl (C=O) groups excluding carboxylic acids is 9. The summed E-state index contributed by atoms with van der Waals surface area (Å²) in [6.45, 7) is 4.92. The average Bonchev–Trinajstić information content (AvgIpc) is 4.09. The van der Waals surface area contributed by atoms with Crippen LogP contribution in [-0.4, -0.2) is 152 Å². The monoisotopic (exact) mass is 1130 g/mol. The maximum Gasteiger partial charge on any atom is 0.303 e. The summed E-state index contributed by atoms with van der Waals surface area (Å²) in [6.07, 6.45) is 3.01. The number of nitrogens with two attached hydrogens (primary N) is 3. The number of hydrogen-bond donors (Lipinski definition) is 16. The summed E-state index contributed by atoms with van der Waals surface area (Å²) in [5.41, 5.74) is 18.9. The summed E-state index contributed by atoms with van der Waals surface area (Å²) in [5.74, 6) is -9.46. The van der Waals surface area contributed by atoms with Crippen molar-refractivity contribution in [1.29, 1.82) is 0 Å². The van der Waals surface area contributed by atoms with E-state index < -0.39 is 120 Å². The van der Waals surface area contributed by atoms with E-state index in [-0.39, 0.29) is 68.5 Å². The zero-order valence-corrected chi connectivity index (χ0v) is 45.7. The van der Waals surface area contributed by atoms with E-state index in [1.165, 1.54) is 19.4 Å². The number of thiol groups is 2. The fourth-order valence-electron chi connectivity index (χ4n) is 8.18. The third-order valence-corrected chi connectivity index (χ3v) is 12.9. The minimum atomic E-state index is -1.61. The first-order valence-electron chi connectivity index (χ1n) is 25.3. The summed E-state index contributed by atoms with van der Waals surface area (Å²) >= 11 is 8.36. The van der Waals surface area contributed by atoms with Crippen LogP contribution in [0.3, 0.4) is 0 Å². The number of rotatable bonds is 33. The molecule has 0 bridgehead atoms. The maximum atomic E-state index is 14.7. The van der Waals surface area contributed by atoms with Gasteiger partial charge in [-0.2, -0.15) is 25.3 Å². The Kier molecular flexibility index (Phi) is 25.6. The highest BCUT2D eigenvalue weighted by atomic mass is 32.1. The number of nitrogens with zero attached hydrogens (tertiary/aromatic N) is 2. The number of guanidine groups is 1. The van der Waals surface area contributed by atoms with Gasteiger partial charge in [0.15, 0.2) is 5.96 Å². The Hall–Kier alpha value is -8.14. The van der Waals surface area contributed by atoms with Gasteiger partial charge in [0, 0.05) is 79.6 Å². The molecule has 79 heavy (non-hydrogen) atoms. The van der Waals surface area contributed by atoms with E-state index in [2.05, 4.69) is 87.7 Å². The number of nitrogens with one attached hydrogen (secondary N) is 10. The first kappa shape index (κ1) is 63.4. The lowest BCUT2D eigenvalue weighted by molar-refractivity contribution is -0.138. The van der Waals surface area contributed by atoms with Gasteiger partial charge in [-0.15, -0.1) is 0 Å². The molecule has 428 valence electrons. The van der Waals surface area contributed by atoms with Crippen molar-refractivity contribution in [1.82, 2.24) is 57.5 Å². The van der Waals surface area contributed by atoms with Gasteiger partial charge in [-0.05, 0) is 48.8 Å². The van der Waals surface area contributed by atoms with Crippen LogP contribution in [0.5, 0.6) is 0 Å². The predicted molar refractivity (Wildman–Crippen MR) is 299 cm³/mol. The van der Waals surface area contributed by atoms with Crippen molar-refractivity contribution in [2.75, 3.05) is 18.1 Å². The van der Waals surface area contributed by atoms with Gasteiger partial charge in [-0.25, -0.2) is 4.98 Å². The highest BCUT2D eigenvalue weighted by Crippen LogP contribution is 2.20. The van der Waals surface area contributed by atoms with Gasteiger partial charge in [0.1, 0.15) is 48.3 Å². The molecule has 8 atom stereocenters. The largest absolute Gasteiger partial charge is 0.481 e. The van der Waals surface area contributed by atoms with E-state index in [9.17, 15) is 53.1 Å². The molecular formula is C51H71N15O11S2. The molecule has 9 amide bonds. The summed E-state index contributed by atoms with van der Waals surface area (Å²) in [6, 6.07) is 4.79. The van der Waals surface area contributed by atoms with Gasteiger partial charge in [-0.3, -0.25) is 52.9 Å². The lowest BCUT2D eigenvalue weighted by Crippen LogP contribution is -2.61. The number of carboxylic acid groups (broad SMARTS) is 1. The second kappa shape index (κ2) is 31.9. The number of H-pyrrole nitrogens is 2. The van der Waals surface area contributed by atoms with Crippen molar-refractivity contribution in [2.24, 2.45) is 28.1 Å². The van der Waals surface area contributed by atoms with Gasteiger partial charge in [0.25, 0.3) is 0 Å². The van der Waals surface area contributed by atoms with E-state index in [0.29, 0.717) is 16.8 Å². The number of hydrogen-bond acceptors (Lipinski definition) is 14. The van der Waals surface area contributed by atoms with Crippen LogP contribution >= 0.6 is 25.3 Å². The third kappa shape index (κ3) is 21.3. The Morgan fingerprint density at radius 1 is 0.608 bits per heavy atom. The second-order valence-corrected chi connectivity index (χ2v) is 19.7. The van der Waals surface area contributed by atoms with Crippen LogP contribution in [0.2, 0.25) is 0 Å². The number of carbonyl (C=O) groups is 10. The molecule has 4 aromatic rings. The van der Waals surface area contributed by atoms with E-state index in [1.54, 1.807) is 42.6 Å². The van der Waals surface area contributed by atoms with Crippen LogP contribution in [0.25, 0.3) is 10.9 Å². The molecule has 0 aliphatic rings. The number of aromatic amines is 2. The van der Waals surface area contributed by atoms with Crippen molar-refractivity contribution in [2.45, 2.75) is 120 Å². The summed E-state index contributed by atoms with van der Waals surface area (Å²) in [4.78, 5) is 149. The van der Waals surface area contributed by atoms with Crippen molar-refractivity contribution in [3.8, 4) is 0 Å². The number of imidazole rings is 1. The SMILES string of the molecule is CC(=O)N[C@@H](CC(C)C)C(=O)N[C@@H](CS)C(=O)N[C@@H](CCC(=O)O)C(=O)N[C@@H](Cc1cnc[nH]1)C(=O)N[C@H](Cc1ccccc1)C(=O)N[C@@H](CCCN=C(N)N)C(=O)N[C@@H](Cc1c[nH]c2ccccc12)C(=O)N[C@@H](CS)C(N)=O.